The van der Waals surface area contributed by atoms with E-state index in [2.05, 4.69) is 10.2 Å². The van der Waals surface area contributed by atoms with Crippen LogP contribution in [0.3, 0.4) is 0 Å². The first-order chi connectivity index (χ1) is 9.11. The molecular formula is C12H14ClN3O3. The minimum atomic E-state index is -0.278. The fourth-order valence-corrected chi connectivity index (χ4v) is 2.21. The molecule has 1 aliphatic rings. The van der Waals surface area contributed by atoms with E-state index in [9.17, 15) is 9.59 Å². The van der Waals surface area contributed by atoms with Crippen LogP contribution < -0.4 is 0 Å². The van der Waals surface area contributed by atoms with Crippen molar-refractivity contribution in [3.8, 4) is 0 Å². The Morgan fingerprint density at radius 1 is 1.42 bits per heavy atom. The van der Waals surface area contributed by atoms with Crippen LogP contribution in [0.15, 0.2) is 12.1 Å². The number of rotatable bonds is 2. The number of methoxy groups -OCH3 is 1. The highest BCUT2D eigenvalue weighted by molar-refractivity contribution is 6.29. The van der Waals surface area contributed by atoms with Gasteiger partial charge in [-0.1, -0.05) is 11.6 Å². The molecule has 7 heteroatoms. The van der Waals surface area contributed by atoms with Crippen molar-refractivity contribution >= 4 is 23.5 Å². The third-order valence-electron chi connectivity index (χ3n) is 3.09. The number of hydrogen-bond donors (Lipinski definition) is 0. The van der Waals surface area contributed by atoms with Crippen LogP contribution in [0, 0.1) is 5.92 Å². The Balaban J connectivity index is 2.06. The van der Waals surface area contributed by atoms with Crippen LogP contribution in [0.5, 0.6) is 0 Å². The monoisotopic (exact) mass is 283 g/mol. The lowest BCUT2D eigenvalue weighted by molar-refractivity contribution is -0.146. The Kier molecular flexibility index (Phi) is 4.31. The zero-order valence-corrected chi connectivity index (χ0v) is 11.3. The molecule has 19 heavy (non-hydrogen) atoms. The summed E-state index contributed by atoms with van der Waals surface area (Å²) in [5, 5.41) is 7.63. The lowest BCUT2D eigenvalue weighted by atomic mass is 9.98. The van der Waals surface area contributed by atoms with Gasteiger partial charge in [0, 0.05) is 13.1 Å². The highest BCUT2D eigenvalue weighted by Crippen LogP contribution is 2.19. The van der Waals surface area contributed by atoms with Crippen LogP contribution in [0.4, 0.5) is 0 Å². The molecule has 1 saturated heterocycles. The van der Waals surface area contributed by atoms with E-state index >= 15 is 0 Å². The van der Waals surface area contributed by atoms with Crippen LogP contribution in [-0.4, -0.2) is 47.2 Å². The minimum Gasteiger partial charge on any atom is -0.469 e. The maximum Gasteiger partial charge on any atom is 0.310 e. The van der Waals surface area contributed by atoms with Crippen LogP contribution in [0.25, 0.3) is 0 Å². The number of carbonyl (C=O) groups excluding carboxylic acids is 2. The molecule has 2 heterocycles. The van der Waals surface area contributed by atoms with Crippen LogP contribution in [-0.2, 0) is 9.53 Å². The highest BCUT2D eigenvalue weighted by atomic mass is 35.5. The van der Waals surface area contributed by atoms with Gasteiger partial charge in [-0.25, -0.2) is 0 Å². The first-order valence-electron chi connectivity index (χ1n) is 5.98. The quantitative estimate of drug-likeness (QED) is 0.762. The van der Waals surface area contributed by atoms with Crippen LogP contribution >= 0.6 is 11.6 Å². The molecule has 0 radical (unpaired) electrons. The molecule has 0 aliphatic carbocycles. The number of halogens is 1. The van der Waals surface area contributed by atoms with Crippen molar-refractivity contribution in [2.45, 2.75) is 12.8 Å². The number of aromatic nitrogens is 2. The van der Waals surface area contributed by atoms with E-state index in [4.69, 9.17) is 16.3 Å². The number of esters is 1. The van der Waals surface area contributed by atoms with Crippen molar-refractivity contribution in [2.75, 3.05) is 20.2 Å². The Bertz CT molecular complexity index is 478. The predicted molar refractivity (Wildman–Crippen MR) is 67.7 cm³/mol. The van der Waals surface area contributed by atoms with E-state index in [0.717, 1.165) is 12.8 Å². The zero-order valence-electron chi connectivity index (χ0n) is 10.5. The lowest BCUT2D eigenvalue weighted by Gasteiger charge is -2.30. The molecule has 0 saturated carbocycles. The molecule has 1 aromatic heterocycles. The molecule has 0 spiro atoms. The van der Waals surface area contributed by atoms with Gasteiger partial charge < -0.3 is 9.64 Å². The summed E-state index contributed by atoms with van der Waals surface area (Å²) >= 11 is 5.63. The van der Waals surface area contributed by atoms with Crippen molar-refractivity contribution in [1.82, 2.24) is 15.1 Å². The van der Waals surface area contributed by atoms with E-state index < -0.39 is 0 Å². The largest absolute Gasteiger partial charge is 0.469 e. The maximum absolute atomic E-state index is 12.2. The highest BCUT2D eigenvalue weighted by Gasteiger charge is 2.30. The lowest BCUT2D eigenvalue weighted by Crippen LogP contribution is -2.43. The molecule has 0 N–H and O–H groups in total. The number of piperidine rings is 1. The van der Waals surface area contributed by atoms with Crippen molar-refractivity contribution < 1.29 is 14.3 Å². The molecule has 0 unspecified atom stereocenters. The molecule has 6 nitrogen and oxygen atoms in total. The summed E-state index contributed by atoms with van der Waals surface area (Å²) in [7, 11) is 1.35. The van der Waals surface area contributed by atoms with Crippen molar-refractivity contribution in [3.05, 3.63) is 23.0 Å². The normalized spacial score (nSPS) is 19.1. The zero-order chi connectivity index (χ0) is 13.8. The second-order valence-corrected chi connectivity index (χ2v) is 4.74. The SMILES string of the molecule is COC(=O)[C@H]1CCCN(C(=O)c2ccc(Cl)nn2)C1. The van der Waals surface area contributed by atoms with E-state index in [-0.39, 0.29) is 28.6 Å². The van der Waals surface area contributed by atoms with E-state index in [1.165, 1.54) is 19.2 Å². The topological polar surface area (TPSA) is 72.4 Å². The molecular weight excluding hydrogens is 270 g/mol. The molecule has 1 aliphatic heterocycles. The summed E-state index contributed by atoms with van der Waals surface area (Å²) in [6.07, 6.45) is 1.51. The number of carbonyl (C=O) groups is 2. The first-order valence-corrected chi connectivity index (χ1v) is 6.36. The Labute approximate surface area is 115 Å². The molecule has 102 valence electrons. The van der Waals surface area contributed by atoms with Gasteiger partial charge in [-0.05, 0) is 25.0 Å². The Morgan fingerprint density at radius 2 is 2.21 bits per heavy atom. The molecule has 1 aromatic rings. The van der Waals surface area contributed by atoms with Crippen LogP contribution in [0.1, 0.15) is 23.3 Å². The smallest absolute Gasteiger partial charge is 0.310 e. The average molecular weight is 284 g/mol. The molecule has 0 bridgehead atoms. The number of amides is 1. The van der Waals surface area contributed by atoms with Crippen molar-refractivity contribution in [3.63, 3.8) is 0 Å². The molecule has 0 aromatic carbocycles. The molecule has 1 amide bonds. The molecule has 2 rings (SSSR count). The van der Waals surface area contributed by atoms with Crippen LogP contribution in [0.2, 0.25) is 5.15 Å². The van der Waals surface area contributed by atoms with Gasteiger partial charge in [0.25, 0.3) is 5.91 Å². The van der Waals surface area contributed by atoms with Gasteiger partial charge in [-0.15, -0.1) is 10.2 Å². The number of nitrogens with zero attached hydrogens (tertiary/aromatic N) is 3. The van der Waals surface area contributed by atoms with Crippen molar-refractivity contribution in [2.24, 2.45) is 5.92 Å². The Morgan fingerprint density at radius 3 is 2.84 bits per heavy atom. The van der Waals surface area contributed by atoms with Gasteiger partial charge in [0.2, 0.25) is 0 Å². The first kappa shape index (κ1) is 13.7. The summed E-state index contributed by atoms with van der Waals surface area (Å²) in [6, 6.07) is 3.04. The Hall–Kier alpha value is -1.69. The number of ether oxygens (including phenoxy) is 1. The fourth-order valence-electron chi connectivity index (χ4n) is 2.11. The average Bonchev–Trinajstić information content (AvgIpc) is 2.46. The summed E-state index contributed by atoms with van der Waals surface area (Å²) in [5.41, 5.74) is 0.231. The number of likely N-dealkylation sites (tertiary alicyclic amines) is 1. The van der Waals surface area contributed by atoms with E-state index in [0.29, 0.717) is 13.1 Å². The summed E-state index contributed by atoms with van der Waals surface area (Å²) in [4.78, 5) is 25.3. The standard InChI is InChI=1S/C12H14ClN3O3/c1-19-12(18)8-3-2-6-16(7-8)11(17)9-4-5-10(13)15-14-9/h4-5,8H,2-3,6-7H2,1H3/t8-/m0/s1. The summed E-state index contributed by atoms with van der Waals surface area (Å²) < 4.78 is 4.72. The fraction of sp³-hybridized carbons (Fsp3) is 0.500. The third-order valence-corrected chi connectivity index (χ3v) is 3.30. The van der Waals surface area contributed by atoms with Gasteiger partial charge in [-0.3, -0.25) is 9.59 Å². The predicted octanol–water partition coefficient (Wildman–Crippen LogP) is 1.16. The van der Waals surface area contributed by atoms with Gasteiger partial charge in [-0.2, -0.15) is 0 Å². The van der Waals surface area contributed by atoms with Gasteiger partial charge >= 0.3 is 5.97 Å². The third kappa shape index (κ3) is 3.20. The maximum atomic E-state index is 12.2. The van der Waals surface area contributed by atoms with Gasteiger partial charge in [0.1, 0.15) is 0 Å². The number of hydrogen-bond acceptors (Lipinski definition) is 5. The van der Waals surface area contributed by atoms with E-state index in [1.54, 1.807) is 4.90 Å². The second-order valence-electron chi connectivity index (χ2n) is 4.35. The summed E-state index contributed by atoms with van der Waals surface area (Å²) in [5.74, 6) is -0.777. The van der Waals surface area contributed by atoms with Crippen molar-refractivity contribution in [1.29, 1.82) is 0 Å². The minimum absolute atomic E-state index is 0.231. The van der Waals surface area contributed by atoms with E-state index in [1.807, 2.05) is 0 Å². The molecule has 1 fully saturated rings. The summed E-state index contributed by atoms with van der Waals surface area (Å²) in [6.45, 7) is 0.965. The van der Waals surface area contributed by atoms with Gasteiger partial charge in [0.15, 0.2) is 10.8 Å². The second kappa shape index (κ2) is 5.97. The van der Waals surface area contributed by atoms with Gasteiger partial charge in [0.05, 0.1) is 13.0 Å². The molecule has 1 atom stereocenters.